The molecule has 0 aromatic heterocycles. The largest absolute Gasteiger partial charge is 0.493 e. The second-order valence-electron chi connectivity index (χ2n) is 6.29. The molecule has 1 rings (SSSR count). The zero-order valence-electron chi connectivity index (χ0n) is 17.4. The van der Waals surface area contributed by atoms with Crippen LogP contribution in [0.15, 0.2) is 35.8 Å². The highest BCUT2D eigenvalue weighted by Crippen LogP contribution is 2.28. The van der Waals surface area contributed by atoms with Gasteiger partial charge in [0, 0.05) is 20.1 Å². The minimum absolute atomic E-state index is 0. The van der Waals surface area contributed by atoms with E-state index in [-0.39, 0.29) is 37.2 Å². The fraction of sp³-hybridized carbons (Fsp3) is 0.571. The first kappa shape index (κ1) is 26.5. The van der Waals surface area contributed by atoms with E-state index in [2.05, 4.69) is 30.8 Å². The fourth-order valence-electron chi connectivity index (χ4n) is 2.64. The van der Waals surface area contributed by atoms with Crippen LogP contribution in [0, 0.1) is 0 Å². The van der Waals surface area contributed by atoms with Gasteiger partial charge in [-0.05, 0) is 43.9 Å². The number of nitrogens with one attached hydrogen (secondary N) is 1. The normalized spacial score (nSPS) is 10.8. The first-order valence-electron chi connectivity index (χ1n) is 9.67. The molecule has 0 saturated heterocycles. The third-order valence-corrected chi connectivity index (χ3v) is 4.09. The molecule has 0 fully saturated rings. The van der Waals surface area contributed by atoms with Crippen molar-refractivity contribution in [3.05, 3.63) is 36.4 Å². The topological polar surface area (TPSA) is 66.3 Å². The number of hydrogen-bond acceptors (Lipinski definition) is 4. The molecule has 0 amide bonds. The molecule has 0 aliphatic rings. The SMILES string of the molecule is C=CCCCCCN(C)C(=NCc1ccc(OCCO)c(OC)c1)NCC.I. The van der Waals surface area contributed by atoms with Crippen molar-refractivity contribution >= 4 is 29.9 Å². The summed E-state index contributed by atoms with van der Waals surface area (Å²) in [6.07, 6.45) is 6.58. The third-order valence-electron chi connectivity index (χ3n) is 4.09. The van der Waals surface area contributed by atoms with Crippen LogP contribution in [-0.2, 0) is 6.54 Å². The van der Waals surface area contributed by atoms with Crippen molar-refractivity contribution in [3.63, 3.8) is 0 Å². The van der Waals surface area contributed by atoms with E-state index in [0.717, 1.165) is 37.5 Å². The smallest absolute Gasteiger partial charge is 0.193 e. The van der Waals surface area contributed by atoms with E-state index in [4.69, 9.17) is 19.6 Å². The average Bonchev–Trinajstić information content (AvgIpc) is 2.69. The van der Waals surface area contributed by atoms with Crippen LogP contribution in [0.2, 0.25) is 0 Å². The first-order valence-corrected chi connectivity index (χ1v) is 9.67. The summed E-state index contributed by atoms with van der Waals surface area (Å²) in [5.74, 6) is 2.18. The van der Waals surface area contributed by atoms with Crippen molar-refractivity contribution in [2.24, 2.45) is 4.99 Å². The lowest BCUT2D eigenvalue weighted by atomic mass is 10.2. The first-order chi connectivity index (χ1) is 13.2. The fourth-order valence-corrected chi connectivity index (χ4v) is 2.64. The maximum atomic E-state index is 8.90. The maximum absolute atomic E-state index is 8.90. The van der Waals surface area contributed by atoms with Gasteiger partial charge in [-0.25, -0.2) is 4.99 Å². The molecular weight excluding hydrogens is 469 g/mol. The van der Waals surface area contributed by atoms with Gasteiger partial charge in [0.15, 0.2) is 17.5 Å². The Kier molecular flexibility index (Phi) is 15.6. The number of aliphatic hydroxyl groups excluding tert-OH is 1. The molecule has 0 aliphatic heterocycles. The number of halogens is 1. The molecule has 0 aliphatic carbocycles. The van der Waals surface area contributed by atoms with Gasteiger partial charge in [-0.2, -0.15) is 0 Å². The molecule has 1 aromatic rings. The van der Waals surface area contributed by atoms with Gasteiger partial charge >= 0.3 is 0 Å². The predicted octanol–water partition coefficient (Wildman–Crippen LogP) is 3.83. The van der Waals surface area contributed by atoms with Crippen molar-refractivity contribution in [3.8, 4) is 11.5 Å². The molecule has 0 bridgehead atoms. The molecule has 7 heteroatoms. The summed E-state index contributed by atoms with van der Waals surface area (Å²) >= 11 is 0. The van der Waals surface area contributed by atoms with Crippen LogP contribution in [-0.4, -0.2) is 56.4 Å². The standard InChI is InChI=1S/C21H35N3O3.HI/c1-5-7-8-9-10-13-24(3)21(22-6-2)23-17-18-11-12-19(27-15-14-25)20(16-18)26-4;/h5,11-12,16,25H,1,6-10,13-15,17H2,2-4H3,(H,22,23);1H. The quantitative estimate of drug-likeness (QED) is 0.140. The number of hydrogen-bond donors (Lipinski definition) is 2. The van der Waals surface area contributed by atoms with Crippen LogP contribution in [0.5, 0.6) is 11.5 Å². The molecule has 1 aromatic carbocycles. The Morgan fingerprint density at radius 1 is 1.29 bits per heavy atom. The summed E-state index contributed by atoms with van der Waals surface area (Å²) in [7, 11) is 3.68. The molecule has 0 unspecified atom stereocenters. The van der Waals surface area contributed by atoms with Crippen LogP contribution in [0.25, 0.3) is 0 Å². The molecule has 0 atom stereocenters. The van der Waals surface area contributed by atoms with E-state index >= 15 is 0 Å². The Morgan fingerprint density at radius 3 is 2.71 bits per heavy atom. The molecule has 0 radical (unpaired) electrons. The molecule has 160 valence electrons. The van der Waals surface area contributed by atoms with E-state index in [1.54, 1.807) is 7.11 Å². The second kappa shape index (κ2) is 16.5. The number of benzene rings is 1. The van der Waals surface area contributed by atoms with Gasteiger partial charge in [-0.15, -0.1) is 30.6 Å². The number of unbranched alkanes of at least 4 members (excludes halogenated alkanes) is 3. The van der Waals surface area contributed by atoms with Crippen LogP contribution in [0.1, 0.15) is 38.2 Å². The van der Waals surface area contributed by atoms with Gasteiger partial charge in [0.25, 0.3) is 0 Å². The van der Waals surface area contributed by atoms with Gasteiger partial charge in [0.1, 0.15) is 6.61 Å². The Labute approximate surface area is 187 Å². The minimum Gasteiger partial charge on any atom is -0.493 e. The van der Waals surface area contributed by atoms with Crippen LogP contribution >= 0.6 is 24.0 Å². The van der Waals surface area contributed by atoms with Gasteiger partial charge in [0.2, 0.25) is 0 Å². The molecule has 28 heavy (non-hydrogen) atoms. The van der Waals surface area contributed by atoms with E-state index in [0.29, 0.717) is 18.0 Å². The van der Waals surface area contributed by atoms with E-state index in [1.807, 2.05) is 24.3 Å². The number of aliphatic hydroxyl groups is 1. The molecule has 0 spiro atoms. The van der Waals surface area contributed by atoms with Crippen molar-refractivity contribution in [1.29, 1.82) is 0 Å². The Hall–Kier alpha value is -1.48. The third kappa shape index (κ3) is 10.2. The van der Waals surface area contributed by atoms with E-state index < -0.39 is 0 Å². The molecular formula is C21H36IN3O3. The zero-order chi connectivity index (χ0) is 19.9. The highest BCUT2D eigenvalue weighted by atomic mass is 127. The Morgan fingerprint density at radius 2 is 2.07 bits per heavy atom. The summed E-state index contributed by atoms with van der Waals surface area (Å²) in [5.41, 5.74) is 1.04. The van der Waals surface area contributed by atoms with E-state index in [1.165, 1.54) is 12.8 Å². The zero-order valence-corrected chi connectivity index (χ0v) is 19.8. The Bertz CT molecular complexity index is 582. The lowest BCUT2D eigenvalue weighted by Gasteiger charge is -2.22. The second-order valence-corrected chi connectivity index (χ2v) is 6.29. The van der Waals surface area contributed by atoms with Gasteiger partial charge in [0.05, 0.1) is 20.3 Å². The van der Waals surface area contributed by atoms with Crippen LogP contribution < -0.4 is 14.8 Å². The summed E-state index contributed by atoms with van der Waals surface area (Å²) in [4.78, 5) is 6.92. The number of ether oxygens (including phenoxy) is 2. The van der Waals surface area contributed by atoms with Crippen LogP contribution in [0.4, 0.5) is 0 Å². The summed E-state index contributed by atoms with van der Waals surface area (Å²) in [6.45, 7) is 8.41. The number of aliphatic imine (C=N–C) groups is 1. The molecule has 2 N–H and O–H groups in total. The highest BCUT2D eigenvalue weighted by Gasteiger charge is 2.08. The minimum atomic E-state index is -0.0266. The van der Waals surface area contributed by atoms with Crippen LogP contribution in [0.3, 0.4) is 0 Å². The molecule has 0 heterocycles. The number of allylic oxidation sites excluding steroid dienone is 1. The number of nitrogens with zero attached hydrogens (tertiary/aromatic N) is 2. The molecule has 6 nitrogen and oxygen atoms in total. The summed E-state index contributed by atoms with van der Waals surface area (Å²) < 4.78 is 10.9. The van der Waals surface area contributed by atoms with Crippen molar-refractivity contribution in [2.45, 2.75) is 39.2 Å². The van der Waals surface area contributed by atoms with Gasteiger partial charge in [-0.3, -0.25) is 0 Å². The van der Waals surface area contributed by atoms with Crippen molar-refractivity contribution in [2.75, 3.05) is 40.5 Å². The molecule has 0 saturated carbocycles. The summed E-state index contributed by atoms with van der Waals surface area (Å²) in [5, 5.41) is 12.2. The predicted molar refractivity (Wildman–Crippen MR) is 127 cm³/mol. The van der Waals surface area contributed by atoms with Crippen molar-refractivity contribution < 1.29 is 14.6 Å². The van der Waals surface area contributed by atoms with Crippen molar-refractivity contribution in [1.82, 2.24) is 10.2 Å². The number of rotatable bonds is 13. The lowest BCUT2D eigenvalue weighted by Crippen LogP contribution is -2.39. The lowest BCUT2D eigenvalue weighted by molar-refractivity contribution is 0.196. The van der Waals surface area contributed by atoms with E-state index in [9.17, 15) is 0 Å². The highest BCUT2D eigenvalue weighted by molar-refractivity contribution is 14.0. The summed E-state index contributed by atoms with van der Waals surface area (Å²) in [6, 6.07) is 5.75. The number of guanidine groups is 1. The maximum Gasteiger partial charge on any atom is 0.193 e. The Balaban J connectivity index is 0.00000729. The monoisotopic (exact) mass is 505 g/mol. The van der Waals surface area contributed by atoms with Gasteiger partial charge in [-0.1, -0.05) is 18.6 Å². The average molecular weight is 505 g/mol. The van der Waals surface area contributed by atoms with Gasteiger partial charge < -0.3 is 24.8 Å². The number of methoxy groups -OCH3 is 1.